The molecule has 0 spiro atoms. The zero-order valence-corrected chi connectivity index (χ0v) is 16.2. The molecule has 1 rings (SSSR count). The fourth-order valence-electron chi connectivity index (χ4n) is 0.562. The summed E-state index contributed by atoms with van der Waals surface area (Å²) in [6.45, 7) is 0. The number of rotatable bonds is 0. The van der Waals surface area contributed by atoms with Crippen LogP contribution in [0.5, 0.6) is 0 Å². The maximum atomic E-state index is 8.32. The Morgan fingerprint density at radius 2 is 1.35 bits per heavy atom. The molecule has 1 aromatic carbocycles. The van der Waals surface area contributed by atoms with E-state index in [2.05, 4.69) is 4.98 Å². The molecule has 11 heteroatoms. The van der Waals surface area contributed by atoms with Crippen LogP contribution in [0.3, 0.4) is 0 Å². The molecule has 0 amide bonds. The van der Waals surface area contributed by atoms with E-state index < -0.39 is 9.14 Å². The van der Waals surface area contributed by atoms with Crippen LogP contribution >= 0.6 is 76.2 Å². The van der Waals surface area contributed by atoms with Crippen molar-refractivity contribution in [3.8, 4) is 0 Å². The minimum atomic E-state index is -5.42. The van der Waals surface area contributed by atoms with E-state index in [-0.39, 0.29) is 5.69 Å². The van der Waals surface area contributed by atoms with Gasteiger partial charge in [-0.25, -0.2) is 0 Å². The van der Waals surface area contributed by atoms with Crippen LogP contribution in [0.4, 0.5) is 5.69 Å². The van der Waals surface area contributed by atoms with Crippen LogP contribution in [0.2, 0.25) is 10.0 Å². The van der Waals surface area contributed by atoms with Crippen molar-refractivity contribution >= 4 is 91.0 Å². The fraction of sp³-hybridized carbons (Fsp3) is 0. The van der Waals surface area contributed by atoms with Gasteiger partial charge in [0.05, 0.1) is 6.07 Å². The number of hydrogen-bond acceptors (Lipinski definition) is 1. The summed E-state index contributed by atoms with van der Waals surface area (Å²) in [5.41, 5.74) is 0.286. The molecule has 0 saturated carbocycles. The van der Waals surface area contributed by atoms with E-state index in [0.717, 1.165) is 0 Å². The minimum absolute atomic E-state index is 0.286. The number of hydrogen-bond donors (Lipinski definition) is 0. The molecule has 2 nitrogen and oxygen atoms in total. The van der Waals surface area contributed by atoms with Gasteiger partial charge in [-0.1, -0.05) is 23.2 Å². The van der Waals surface area contributed by atoms with Crippen LogP contribution < -0.4 is 0 Å². The summed E-state index contributed by atoms with van der Waals surface area (Å²) in [5.74, 6) is 0. The molecule has 0 aliphatic rings. The van der Waals surface area contributed by atoms with Crippen LogP contribution in [0.15, 0.2) is 18.2 Å². The van der Waals surface area contributed by atoms with Gasteiger partial charge in [0.15, 0.2) is 4.98 Å². The van der Waals surface area contributed by atoms with E-state index in [1.807, 2.05) is 0 Å². The zero-order valence-electron chi connectivity index (χ0n) is 7.60. The van der Waals surface area contributed by atoms with E-state index >= 15 is 0 Å². The summed E-state index contributed by atoms with van der Waals surface area (Å²) < 4.78 is 0. The molecule has 17 heavy (non-hydrogen) atoms. The molecule has 0 atom stereocenters. The summed E-state index contributed by atoms with van der Waals surface area (Å²) in [4.78, 5) is 2.91. The summed E-state index contributed by atoms with van der Waals surface area (Å²) >= 11 is 11.1. The monoisotopic (exact) mass is 504 g/mol. The molecular formula is C6H3Cl8N2Sb. The molecule has 0 aliphatic heterocycles. The fourth-order valence-corrected chi connectivity index (χ4v) is 0.884. The number of nitrogens with zero attached hydrogens (tertiary/aromatic N) is 2. The molecule has 0 unspecified atom stereocenters. The summed E-state index contributed by atoms with van der Waals surface area (Å²) in [6, 6.07) is 4.67. The van der Waals surface area contributed by atoms with Gasteiger partial charge in [-0.2, -0.15) is 0 Å². The van der Waals surface area contributed by atoms with E-state index in [9.17, 15) is 0 Å². The van der Waals surface area contributed by atoms with Gasteiger partial charge in [-0.3, -0.25) is 0 Å². The second-order valence-electron chi connectivity index (χ2n) is 2.65. The van der Waals surface area contributed by atoms with Gasteiger partial charge in [0, 0.05) is 5.02 Å². The molecule has 0 bridgehead atoms. The van der Waals surface area contributed by atoms with Crippen molar-refractivity contribution in [2.24, 2.45) is 0 Å². The van der Waals surface area contributed by atoms with E-state index in [1.165, 1.54) is 6.07 Å². The van der Waals surface area contributed by atoms with Gasteiger partial charge in [0.25, 0.3) is 0 Å². The van der Waals surface area contributed by atoms with Crippen LogP contribution in [-0.2, 0) is 0 Å². The Bertz CT molecular complexity index is 447. The normalized spacial score (nSPS) is 14.8. The summed E-state index contributed by atoms with van der Waals surface area (Å²) in [7, 11) is 25.0. The third-order valence-electron chi connectivity index (χ3n) is 1.02. The van der Waals surface area contributed by atoms with Crippen molar-refractivity contribution < 1.29 is 0 Å². The third kappa shape index (κ3) is 15.7. The van der Waals surface area contributed by atoms with Crippen molar-refractivity contribution in [1.29, 1.82) is 5.39 Å². The SMILES string of the molecule is N#[N+]c1cc(Cl)ccc1Cl.[Cl][Sb-]([Cl])([Cl])([Cl])([Cl])[Cl]. The molecular weight excluding hydrogens is 505 g/mol. The van der Waals surface area contributed by atoms with E-state index in [4.69, 9.17) is 81.6 Å². The van der Waals surface area contributed by atoms with Gasteiger partial charge in [-0.05, 0) is 12.1 Å². The van der Waals surface area contributed by atoms with E-state index in [1.54, 1.807) is 12.1 Å². The first-order chi connectivity index (χ1) is 7.19. The van der Waals surface area contributed by atoms with Gasteiger partial charge in [0.1, 0.15) is 5.02 Å². The summed E-state index contributed by atoms with van der Waals surface area (Å²) in [5, 5.41) is 9.20. The van der Waals surface area contributed by atoms with Crippen LogP contribution in [0.1, 0.15) is 0 Å². The third-order valence-corrected chi connectivity index (χ3v) is 1.57. The zero-order chi connectivity index (χ0) is 14.0. The molecule has 0 N–H and O–H groups in total. The van der Waals surface area contributed by atoms with Crippen molar-refractivity contribution in [2.75, 3.05) is 0 Å². The van der Waals surface area contributed by atoms with Crippen molar-refractivity contribution in [3.05, 3.63) is 33.2 Å². The Morgan fingerprint density at radius 3 is 1.65 bits per heavy atom. The first-order valence-electron chi connectivity index (χ1n) is 3.55. The quantitative estimate of drug-likeness (QED) is 0.268. The molecule has 0 saturated heterocycles. The standard InChI is InChI=1S/C6H3Cl2N2.6ClH.Sb/c7-4-1-2-5(8)6(3-4)10-9;;;;;;;/h1-3H;6*1H;/q+1;;;;;;;+5/p-6. The maximum absolute atomic E-state index is 8.32. The molecule has 0 heterocycles. The van der Waals surface area contributed by atoms with Gasteiger partial charge in [-0.15, -0.1) is 0 Å². The van der Waals surface area contributed by atoms with Gasteiger partial charge in [0.2, 0.25) is 5.39 Å². The predicted octanol–water partition coefficient (Wildman–Crippen LogP) is 7.23. The second kappa shape index (κ2) is 5.64. The van der Waals surface area contributed by atoms with Crippen LogP contribution in [0.25, 0.3) is 4.98 Å². The predicted molar refractivity (Wildman–Crippen MR) is 82.1 cm³/mol. The first-order valence-corrected chi connectivity index (χ1v) is 23.7. The Balaban J connectivity index is 0.000000325. The van der Waals surface area contributed by atoms with Crippen molar-refractivity contribution in [1.82, 2.24) is 0 Å². The van der Waals surface area contributed by atoms with Gasteiger partial charge >= 0.3 is 67.8 Å². The van der Waals surface area contributed by atoms with Crippen molar-refractivity contribution in [3.63, 3.8) is 0 Å². The Hall–Kier alpha value is 1.78. The summed E-state index contributed by atoms with van der Waals surface area (Å²) in [6.07, 6.45) is 0. The molecule has 1 aromatic rings. The Morgan fingerprint density at radius 1 is 0.941 bits per heavy atom. The molecule has 98 valence electrons. The van der Waals surface area contributed by atoms with Crippen molar-refractivity contribution in [2.45, 2.75) is 0 Å². The Kier molecular flexibility index (Phi) is 6.23. The average molecular weight is 508 g/mol. The number of benzene rings is 1. The molecule has 0 aliphatic carbocycles. The molecule has 0 fully saturated rings. The number of diazo groups is 1. The van der Waals surface area contributed by atoms with E-state index in [0.29, 0.717) is 10.0 Å². The van der Waals surface area contributed by atoms with Crippen LogP contribution in [0, 0.1) is 5.39 Å². The second-order valence-corrected chi connectivity index (χ2v) is 60.4. The first kappa shape index (κ1) is 18.8. The topological polar surface area (TPSA) is 28.1 Å². The van der Waals surface area contributed by atoms with Gasteiger partial charge < -0.3 is 0 Å². The Labute approximate surface area is 128 Å². The average Bonchev–Trinajstić information content (AvgIpc) is 2.03. The number of halogens is 8. The molecule has 0 radical (unpaired) electrons. The molecule has 0 aromatic heterocycles. The van der Waals surface area contributed by atoms with Crippen LogP contribution in [-0.4, -0.2) is 9.14 Å².